The van der Waals surface area contributed by atoms with Crippen LogP contribution in [-0.2, 0) is 21.7 Å². The Bertz CT molecular complexity index is 1190. The summed E-state index contributed by atoms with van der Waals surface area (Å²) in [5.41, 5.74) is 24.0. The average Bonchev–Trinajstić information content (AvgIpc) is 2.91. The van der Waals surface area contributed by atoms with E-state index in [4.69, 9.17) is 22.9 Å². The van der Waals surface area contributed by atoms with Crippen LogP contribution in [0.3, 0.4) is 0 Å². The Morgan fingerprint density at radius 2 is 0.463 bits per heavy atom. The van der Waals surface area contributed by atoms with Gasteiger partial charge in [0.05, 0.1) is 23.9 Å². The Kier molecular flexibility index (Phi) is 15.7. The van der Waals surface area contributed by atoms with Crippen molar-refractivity contribution in [1.82, 2.24) is 0 Å². The van der Waals surface area contributed by atoms with Crippen molar-refractivity contribution in [2.45, 2.75) is 0 Å². The van der Waals surface area contributed by atoms with E-state index in [9.17, 15) is 39.6 Å². The second-order valence-corrected chi connectivity index (χ2v) is 7.64. The van der Waals surface area contributed by atoms with Gasteiger partial charge in [0, 0.05) is 22.7 Å². The molecule has 4 rings (SSSR count). The predicted molar refractivity (Wildman–Crippen MR) is 141 cm³/mol. The summed E-state index contributed by atoms with van der Waals surface area (Å²) in [4.78, 5) is 40.6. The van der Waals surface area contributed by atoms with E-state index in [-0.39, 0.29) is 44.0 Å². The number of anilines is 4. The molecule has 0 atom stereocenters. The number of hydrogen-bond acceptors (Lipinski definition) is 12. The molecule has 0 aliphatic rings. The number of rotatable bonds is 4. The molecule has 12 nitrogen and oxygen atoms in total. The Morgan fingerprint density at radius 1 is 0.341 bits per heavy atom. The summed E-state index contributed by atoms with van der Waals surface area (Å²) in [6, 6.07) is 23.4. The third kappa shape index (κ3) is 14.4. The van der Waals surface area contributed by atoms with Crippen LogP contribution in [0.1, 0.15) is 41.4 Å². The number of carboxylic acids is 4. The van der Waals surface area contributed by atoms with Crippen molar-refractivity contribution >= 4 is 46.6 Å². The maximum atomic E-state index is 10.2. The quantitative estimate of drug-likeness (QED) is 0.156. The van der Waals surface area contributed by atoms with Crippen molar-refractivity contribution in [3.8, 4) is 0 Å². The summed E-state index contributed by atoms with van der Waals surface area (Å²) in [5.74, 6) is -4.72. The van der Waals surface area contributed by atoms with Crippen LogP contribution in [-0.4, -0.2) is 23.9 Å². The van der Waals surface area contributed by atoms with Crippen LogP contribution in [0.2, 0.25) is 0 Å². The first-order valence-corrected chi connectivity index (χ1v) is 11.1. The minimum atomic E-state index is -1.18. The van der Waals surface area contributed by atoms with E-state index in [1.165, 1.54) is 97.1 Å². The summed E-state index contributed by atoms with van der Waals surface area (Å²) in [5, 5.41) is 40.6. The van der Waals surface area contributed by atoms with Gasteiger partial charge in [-0.2, -0.15) is 0 Å². The van der Waals surface area contributed by atoms with Crippen LogP contribution >= 0.6 is 0 Å². The number of nitrogens with two attached hydrogens (primary N) is 4. The Balaban J connectivity index is 0.000000516. The molecule has 0 amide bonds. The van der Waals surface area contributed by atoms with Crippen LogP contribution < -0.4 is 43.4 Å². The zero-order chi connectivity index (χ0) is 30.2. The molecule has 208 valence electrons. The fourth-order valence-corrected chi connectivity index (χ4v) is 2.48. The summed E-state index contributed by atoms with van der Waals surface area (Å²) < 4.78 is 0. The molecule has 0 aromatic heterocycles. The van der Waals surface area contributed by atoms with Gasteiger partial charge in [-0.25, -0.2) is 0 Å². The van der Waals surface area contributed by atoms with E-state index in [2.05, 4.69) is 0 Å². The van der Waals surface area contributed by atoms with Gasteiger partial charge in [0.2, 0.25) is 0 Å². The van der Waals surface area contributed by atoms with Crippen molar-refractivity contribution < 1.29 is 61.3 Å². The molecule has 41 heavy (non-hydrogen) atoms. The third-order valence-electron chi connectivity index (χ3n) is 4.59. The van der Waals surface area contributed by atoms with E-state index in [1.54, 1.807) is 0 Å². The normalized spacial score (nSPS) is 8.98. The van der Waals surface area contributed by atoms with Gasteiger partial charge in [0.1, 0.15) is 0 Å². The van der Waals surface area contributed by atoms with E-state index in [0.29, 0.717) is 22.7 Å². The molecule has 0 spiro atoms. The first-order valence-electron chi connectivity index (χ1n) is 11.1. The maximum Gasteiger partial charge on any atom is 4.00 e. The van der Waals surface area contributed by atoms with Gasteiger partial charge in [-0.05, 0) is 70.8 Å². The molecule has 0 aliphatic carbocycles. The molecular formula is C28H24N4O8Ti. The second kappa shape index (κ2) is 18.0. The molecule has 0 aliphatic heterocycles. The van der Waals surface area contributed by atoms with Gasteiger partial charge in [-0.3, -0.25) is 0 Å². The van der Waals surface area contributed by atoms with Crippen molar-refractivity contribution in [3.63, 3.8) is 0 Å². The molecule has 0 unspecified atom stereocenters. The molecule has 0 bridgehead atoms. The molecule has 0 saturated carbocycles. The smallest absolute Gasteiger partial charge is 0.545 e. The van der Waals surface area contributed by atoms with Crippen LogP contribution in [0, 0.1) is 0 Å². The number of carboxylic acid groups (broad SMARTS) is 4. The van der Waals surface area contributed by atoms with Crippen LogP contribution in [0.15, 0.2) is 97.1 Å². The monoisotopic (exact) mass is 592 g/mol. The van der Waals surface area contributed by atoms with Crippen molar-refractivity contribution in [3.05, 3.63) is 119 Å². The third-order valence-corrected chi connectivity index (χ3v) is 4.59. The van der Waals surface area contributed by atoms with Gasteiger partial charge in [0.25, 0.3) is 0 Å². The zero-order valence-corrected chi connectivity index (χ0v) is 22.9. The van der Waals surface area contributed by atoms with E-state index in [1.807, 2.05) is 0 Å². The molecule has 0 saturated heterocycles. The summed E-state index contributed by atoms with van der Waals surface area (Å²) in [6.45, 7) is 0. The SMILES string of the molecule is Nc1ccc(C(=O)[O-])cc1.Nc1ccc(C(=O)[O-])cc1.Nc1ccc(C(=O)[O-])cc1.Nc1ccc(C(=O)[O-])cc1.[Ti+4]. The molecule has 4 aromatic carbocycles. The number of carbonyl (C=O) groups excluding carboxylic acids is 4. The number of carbonyl (C=O) groups is 4. The first-order chi connectivity index (χ1) is 18.8. The Hall–Kier alpha value is -5.33. The average molecular weight is 592 g/mol. The Labute approximate surface area is 249 Å². The Morgan fingerprint density at radius 3 is 0.561 bits per heavy atom. The molecule has 0 heterocycles. The van der Waals surface area contributed by atoms with Crippen LogP contribution in [0.5, 0.6) is 0 Å². The maximum absolute atomic E-state index is 10.2. The molecule has 0 fully saturated rings. The summed E-state index contributed by atoms with van der Waals surface area (Å²) in [6.07, 6.45) is 0. The summed E-state index contributed by atoms with van der Waals surface area (Å²) in [7, 11) is 0. The minimum Gasteiger partial charge on any atom is -0.545 e. The standard InChI is InChI=1S/4C7H7NO2.Ti/c4*8-6-3-1-5(2-4-6)7(9)10;/h4*1-4H,8H2,(H,9,10);/q;;;;+4/p-4. The van der Waals surface area contributed by atoms with Gasteiger partial charge in [-0.15, -0.1) is 0 Å². The van der Waals surface area contributed by atoms with Crippen LogP contribution in [0.25, 0.3) is 0 Å². The van der Waals surface area contributed by atoms with Gasteiger partial charge in [0.15, 0.2) is 0 Å². The van der Waals surface area contributed by atoms with E-state index in [0.717, 1.165) is 0 Å². The number of hydrogen-bond donors (Lipinski definition) is 4. The molecule has 4 aromatic rings. The molecule has 8 N–H and O–H groups in total. The fraction of sp³-hybridized carbons (Fsp3) is 0. The number of benzene rings is 4. The topological polar surface area (TPSA) is 265 Å². The molecular weight excluding hydrogens is 568 g/mol. The molecule has 13 heteroatoms. The van der Waals surface area contributed by atoms with Gasteiger partial charge in [-0.1, -0.05) is 48.5 Å². The van der Waals surface area contributed by atoms with Crippen LogP contribution in [0.4, 0.5) is 22.7 Å². The zero-order valence-electron chi connectivity index (χ0n) is 21.3. The van der Waals surface area contributed by atoms with Crippen molar-refractivity contribution in [2.75, 3.05) is 22.9 Å². The van der Waals surface area contributed by atoms with Gasteiger partial charge < -0.3 is 62.5 Å². The minimum absolute atomic E-state index is 0. The van der Waals surface area contributed by atoms with E-state index >= 15 is 0 Å². The fourth-order valence-electron chi connectivity index (χ4n) is 2.48. The summed E-state index contributed by atoms with van der Waals surface area (Å²) >= 11 is 0. The number of aromatic carboxylic acids is 4. The van der Waals surface area contributed by atoms with Crippen molar-refractivity contribution in [1.29, 1.82) is 0 Å². The van der Waals surface area contributed by atoms with Gasteiger partial charge >= 0.3 is 21.7 Å². The second-order valence-electron chi connectivity index (χ2n) is 7.64. The largest absolute Gasteiger partial charge is 4.00 e. The first kappa shape index (κ1) is 35.7. The predicted octanol–water partition coefficient (Wildman–Crippen LogP) is -1.47. The van der Waals surface area contributed by atoms with Crippen molar-refractivity contribution in [2.24, 2.45) is 0 Å². The van der Waals surface area contributed by atoms with E-state index < -0.39 is 23.9 Å². The molecule has 0 radical (unpaired) electrons. The number of nitrogen functional groups attached to an aromatic ring is 4.